The molecule has 0 bridgehead atoms. The monoisotopic (exact) mass is 232 g/mol. The molecule has 1 atom stereocenters. The van der Waals surface area contributed by atoms with Crippen molar-refractivity contribution < 1.29 is 19.4 Å². The van der Waals surface area contributed by atoms with Crippen LogP contribution >= 0.6 is 0 Å². The summed E-state index contributed by atoms with van der Waals surface area (Å²) in [6.07, 6.45) is 0. The van der Waals surface area contributed by atoms with Gasteiger partial charge in [-0.05, 0) is 6.92 Å². The van der Waals surface area contributed by atoms with E-state index in [1.165, 1.54) is 4.90 Å². The lowest BCUT2D eigenvalue weighted by Crippen LogP contribution is -2.44. The van der Waals surface area contributed by atoms with Gasteiger partial charge < -0.3 is 20.1 Å². The number of ether oxygens (including phenoxy) is 1. The first-order valence-corrected chi connectivity index (χ1v) is 5.27. The van der Waals surface area contributed by atoms with Crippen molar-refractivity contribution in [2.24, 2.45) is 5.92 Å². The van der Waals surface area contributed by atoms with E-state index in [2.05, 4.69) is 5.32 Å². The molecule has 16 heavy (non-hydrogen) atoms. The summed E-state index contributed by atoms with van der Waals surface area (Å²) >= 11 is 0. The first-order valence-electron chi connectivity index (χ1n) is 5.27. The van der Waals surface area contributed by atoms with Crippen LogP contribution in [-0.4, -0.2) is 55.4 Å². The zero-order valence-electron chi connectivity index (χ0n) is 10.0. The van der Waals surface area contributed by atoms with Crippen molar-refractivity contribution >= 4 is 12.0 Å². The second-order valence-corrected chi connectivity index (χ2v) is 3.50. The Hall–Kier alpha value is -1.30. The molecule has 0 aliphatic heterocycles. The molecule has 0 heterocycles. The number of aliphatic carboxylic acids is 1. The highest BCUT2D eigenvalue weighted by atomic mass is 16.5. The van der Waals surface area contributed by atoms with E-state index in [4.69, 9.17) is 9.84 Å². The van der Waals surface area contributed by atoms with Crippen LogP contribution in [0.5, 0.6) is 0 Å². The molecule has 0 aliphatic carbocycles. The molecule has 0 aromatic rings. The molecule has 0 fully saturated rings. The van der Waals surface area contributed by atoms with Crippen LogP contribution in [0.1, 0.15) is 13.8 Å². The average Bonchev–Trinajstić information content (AvgIpc) is 2.25. The maximum Gasteiger partial charge on any atom is 0.317 e. The van der Waals surface area contributed by atoms with Crippen molar-refractivity contribution in [3.05, 3.63) is 0 Å². The topological polar surface area (TPSA) is 78.9 Å². The van der Waals surface area contributed by atoms with Gasteiger partial charge in [0, 0.05) is 26.7 Å². The minimum atomic E-state index is -0.900. The van der Waals surface area contributed by atoms with Crippen molar-refractivity contribution in [1.29, 1.82) is 0 Å². The maximum atomic E-state index is 11.6. The zero-order valence-corrected chi connectivity index (χ0v) is 10.0. The van der Waals surface area contributed by atoms with Gasteiger partial charge in [-0.1, -0.05) is 6.92 Å². The Bertz CT molecular complexity index is 233. The van der Waals surface area contributed by atoms with Gasteiger partial charge in [0.2, 0.25) is 0 Å². The van der Waals surface area contributed by atoms with E-state index in [-0.39, 0.29) is 12.6 Å². The van der Waals surface area contributed by atoms with Crippen LogP contribution < -0.4 is 5.32 Å². The minimum absolute atomic E-state index is 0.213. The van der Waals surface area contributed by atoms with Crippen molar-refractivity contribution in [3.8, 4) is 0 Å². The lowest BCUT2D eigenvalue weighted by Gasteiger charge is -2.23. The van der Waals surface area contributed by atoms with Gasteiger partial charge in [0.15, 0.2) is 0 Å². The van der Waals surface area contributed by atoms with Crippen molar-refractivity contribution in [3.63, 3.8) is 0 Å². The third kappa shape index (κ3) is 5.55. The Kier molecular flexibility index (Phi) is 7.28. The number of urea groups is 1. The van der Waals surface area contributed by atoms with Gasteiger partial charge in [0.05, 0.1) is 12.5 Å². The number of hydrogen-bond donors (Lipinski definition) is 2. The minimum Gasteiger partial charge on any atom is -0.481 e. The normalized spacial score (nSPS) is 11.9. The van der Waals surface area contributed by atoms with E-state index in [0.29, 0.717) is 19.7 Å². The number of nitrogens with one attached hydrogen (secondary N) is 1. The van der Waals surface area contributed by atoms with Gasteiger partial charge in [-0.2, -0.15) is 0 Å². The summed E-state index contributed by atoms with van der Waals surface area (Å²) in [5.41, 5.74) is 0. The Labute approximate surface area is 95.6 Å². The quantitative estimate of drug-likeness (QED) is 0.622. The van der Waals surface area contributed by atoms with Crippen LogP contribution in [-0.2, 0) is 9.53 Å². The number of carbonyl (C=O) groups excluding carboxylic acids is 1. The second-order valence-electron chi connectivity index (χ2n) is 3.50. The van der Waals surface area contributed by atoms with Crippen LogP contribution in [0.2, 0.25) is 0 Å². The summed E-state index contributed by atoms with van der Waals surface area (Å²) in [6, 6.07) is -0.257. The van der Waals surface area contributed by atoms with Gasteiger partial charge >= 0.3 is 12.0 Å². The number of hydrogen-bond acceptors (Lipinski definition) is 3. The van der Waals surface area contributed by atoms with Crippen LogP contribution in [0.25, 0.3) is 0 Å². The van der Waals surface area contributed by atoms with E-state index in [1.807, 2.05) is 6.92 Å². The average molecular weight is 232 g/mol. The van der Waals surface area contributed by atoms with E-state index in [1.54, 1.807) is 14.0 Å². The van der Waals surface area contributed by atoms with Gasteiger partial charge in [-0.25, -0.2) is 4.79 Å². The SMILES string of the molecule is CCN(CC(C)C(=O)O)C(=O)NCCOC. The Balaban J connectivity index is 4.06. The largest absolute Gasteiger partial charge is 0.481 e. The molecule has 0 aromatic heterocycles. The molecule has 6 nitrogen and oxygen atoms in total. The summed E-state index contributed by atoms with van der Waals surface area (Å²) in [5, 5.41) is 11.4. The highest BCUT2D eigenvalue weighted by Crippen LogP contribution is 2.00. The third-order valence-corrected chi connectivity index (χ3v) is 2.17. The fourth-order valence-electron chi connectivity index (χ4n) is 1.14. The number of carbonyl (C=O) groups is 2. The van der Waals surface area contributed by atoms with Crippen molar-refractivity contribution in [1.82, 2.24) is 10.2 Å². The molecular weight excluding hydrogens is 212 g/mol. The fraction of sp³-hybridized carbons (Fsp3) is 0.800. The van der Waals surface area contributed by atoms with Gasteiger partial charge in [-0.3, -0.25) is 4.79 Å². The molecule has 0 aromatic carbocycles. The lowest BCUT2D eigenvalue weighted by molar-refractivity contribution is -0.141. The van der Waals surface area contributed by atoms with Gasteiger partial charge in [0.25, 0.3) is 0 Å². The van der Waals surface area contributed by atoms with Crippen LogP contribution in [0.15, 0.2) is 0 Å². The first kappa shape index (κ1) is 14.7. The summed E-state index contributed by atoms with van der Waals surface area (Å²) in [4.78, 5) is 23.7. The molecule has 0 radical (unpaired) electrons. The van der Waals surface area contributed by atoms with E-state index in [9.17, 15) is 9.59 Å². The molecule has 0 saturated carbocycles. The third-order valence-electron chi connectivity index (χ3n) is 2.17. The maximum absolute atomic E-state index is 11.6. The Morgan fingerprint density at radius 3 is 2.56 bits per heavy atom. The molecule has 0 saturated heterocycles. The number of carboxylic acids is 1. The van der Waals surface area contributed by atoms with Gasteiger partial charge in [0.1, 0.15) is 0 Å². The van der Waals surface area contributed by atoms with E-state index < -0.39 is 11.9 Å². The smallest absolute Gasteiger partial charge is 0.317 e. The van der Waals surface area contributed by atoms with E-state index in [0.717, 1.165) is 0 Å². The highest BCUT2D eigenvalue weighted by molar-refractivity contribution is 5.75. The number of carboxylic acid groups (broad SMARTS) is 1. The molecule has 0 spiro atoms. The Morgan fingerprint density at radius 1 is 1.50 bits per heavy atom. The standard InChI is InChI=1S/C10H20N2O4/c1-4-12(7-8(2)9(13)14)10(15)11-5-6-16-3/h8H,4-7H2,1-3H3,(H,11,15)(H,13,14). The van der Waals surface area contributed by atoms with Crippen molar-refractivity contribution in [2.45, 2.75) is 13.8 Å². The fourth-order valence-corrected chi connectivity index (χ4v) is 1.14. The summed E-state index contributed by atoms with van der Waals surface area (Å²) in [6.45, 7) is 4.95. The summed E-state index contributed by atoms with van der Waals surface area (Å²) in [7, 11) is 1.55. The molecule has 2 N–H and O–H groups in total. The number of amides is 2. The Morgan fingerprint density at radius 2 is 2.12 bits per heavy atom. The number of rotatable bonds is 7. The predicted octanol–water partition coefficient (Wildman–Crippen LogP) is 0.385. The zero-order chi connectivity index (χ0) is 12.6. The van der Waals surface area contributed by atoms with Crippen LogP contribution in [0.4, 0.5) is 4.79 Å². The number of methoxy groups -OCH3 is 1. The molecule has 6 heteroatoms. The van der Waals surface area contributed by atoms with Gasteiger partial charge in [-0.15, -0.1) is 0 Å². The molecule has 1 unspecified atom stereocenters. The van der Waals surface area contributed by atoms with Crippen LogP contribution in [0, 0.1) is 5.92 Å². The highest BCUT2D eigenvalue weighted by Gasteiger charge is 2.18. The lowest BCUT2D eigenvalue weighted by atomic mass is 10.2. The summed E-state index contributed by atoms with van der Waals surface area (Å²) < 4.78 is 4.80. The van der Waals surface area contributed by atoms with Crippen LogP contribution in [0.3, 0.4) is 0 Å². The molecule has 94 valence electrons. The molecule has 0 rings (SSSR count). The van der Waals surface area contributed by atoms with Crippen molar-refractivity contribution in [2.75, 3.05) is 33.4 Å². The van der Waals surface area contributed by atoms with E-state index >= 15 is 0 Å². The first-order chi connectivity index (χ1) is 7.52. The summed E-state index contributed by atoms with van der Waals surface area (Å²) in [5.74, 6) is -1.46. The second kappa shape index (κ2) is 7.92. The number of nitrogens with zero attached hydrogens (tertiary/aromatic N) is 1. The molecule has 2 amide bonds. The predicted molar refractivity (Wildman–Crippen MR) is 59.3 cm³/mol. The molecule has 0 aliphatic rings. The molecular formula is C10H20N2O4.